The van der Waals surface area contributed by atoms with Crippen molar-refractivity contribution in [3.05, 3.63) is 29.8 Å². The molecular weight excluding hydrogens is 308 g/mol. The third-order valence-electron chi connectivity index (χ3n) is 3.93. The molecule has 6 nitrogen and oxygen atoms in total. The second kappa shape index (κ2) is 8.16. The lowest BCUT2D eigenvalue weighted by Crippen LogP contribution is -2.36. The third-order valence-corrected chi connectivity index (χ3v) is 3.93. The number of allylic oxidation sites excluding steroid dienone is 1. The number of methoxy groups -OCH3 is 2. The fourth-order valence-electron chi connectivity index (χ4n) is 2.59. The summed E-state index contributed by atoms with van der Waals surface area (Å²) in [6.07, 6.45) is 4.66. The topological polar surface area (TPSA) is 79.6 Å². The molecule has 0 bridgehead atoms. The van der Waals surface area contributed by atoms with Crippen LogP contribution in [0.1, 0.15) is 18.4 Å². The van der Waals surface area contributed by atoms with E-state index in [-0.39, 0.29) is 0 Å². The van der Waals surface area contributed by atoms with E-state index in [1.54, 1.807) is 36.3 Å². The number of carbonyl (C=O) groups is 2. The lowest BCUT2D eigenvalue weighted by atomic mass is 10.0. The number of amides is 1. The van der Waals surface area contributed by atoms with E-state index in [2.05, 4.69) is 0 Å². The largest absolute Gasteiger partial charge is 0.493 e. The van der Waals surface area contributed by atoms with E-state index in [0.717, 1.165) is 12.8 Å². The summed E-state index contributed by atoms with van der Waals surface area (Å²) < 4.78 is 10.4. The molecule has 1 aliphatic rings. The summed E-state index contributed by atoms with van der Waals surface area (Å²) in [7, 11) is 3.06. The average Bonchev–Trinajstić information content (AvgIpc) is 3.14. The molecule has 0 aliphatic carbocycles. The van der Waals surface area contributed by atoms with Crippen LogP contribution in [0.3, 0.4) is 0 Å². The highest BCUT2D eigenvalue weighted by molar-refractivity contribution is 6.10. The van der Waals surface area contributed by atoms with Gasteiger partial charge in [-0.05, 0) is 36.6 Å². The van der Waals surface area contributed by atoms with Crippen molar-refractivity contribution in [2.75, 3.05) is 27.3 Å². The van der Waals surface area contributed by atoms with Crippen molar-refractivity contribution >= 4 is 17.8 Å². The van der Waals surface area contributed by atoms with Gasteiger partial charge in [0.2, 0.25) is 5.91 Å². The number of benzene rings is 1. The zero-order valence-corrected chi connectivity index (χ0v) is 13.8. The Balaban J connectivity index is 2.10. The third kappa shape index (κ3) is 3.93. The van der Waals surface area contributed by atoms with E-state index in [1.165, 1.54) is 13.2 Å². The van der Waals surface area contributed by atoms with E-state index in [4.69, 9.17) is 9.47 Å². The number of hydrogen-bond donors (Lipinski definition) is 0. The minimum absolute atomic E-state index is 0.406. The van der Waals surface area contributed by atoms with Crippen LogP contribution in [0.5, 0.6) is 11.5 Å². The highest BCUT2D eigenvalue weighted by Crippen LogP contribution is 2.28. The van der Waals surface area contributed by atoms with E-state index in [1.807, 2.05) is 6.07 Å². The number of ketones is 1. The Morgan fingerprint density at radius 1 is 1.21 bits per heavy atom. The van der Waals surface area contributed by atoms with Crippen molar-refractivity contribution in [2.45, 2.75) is 12.8 Å². The Hall–Kier alpha value is -2.81. The first-order valence-electron chi connectivity index (χ1n) is 7.73. The summed E-state index contributed by atoms with van der Waals surface area (Å²) in [6, 6.07) is 7.01. The molecule has 126 valence electrons. The highest BCUT2D eigenvalue weighted by Gasteiger charge is 2.30. The highest BCUT2D eigenvalue weighted by atomic mass is 16.5. The van der Waals surface area contributed by atoms with Crippen molar-refractivity contribution in [1.29, 1.82) is 5.26 Å². The molecule has 1 heterocycles. The Morgan fingerprint density at radius 3 is 2.46 bits per heavy atom. The molecular formula is C18H20N2O4. The Morgan fingerprint density at radius 2 is 1.88 bits per heavy atom. The SMILES string of the molecule is COc1ccc(/C=C/C(=O)[C@H](C#N)C(=O)N2CCCC2)cc1OC. The number of nitrogens with zero attached hydrogens (tertiary/aromatic N) is 2. The number of ether oxygens (including phenoxy) is 2. The first-order valence-corrected chi connectivity index (χ1v) is 7.73. The van der Waals surface area contributed by atoms with Crippen LogP contribution in [0.15, 0.2) is 24.3 Å². The monoisotopic (exact) mass is 328 g/mol. The number of hydrogen-bond acceptors (Lipinski definition) is 5. The maximum Gasteiger partial charge on any atom is 0.247 e. The summed E-state index contributed by atoms with van der Waals surface area (Å²) in [5, 5.41) is 9.19. The van der Waals surface area contributed by atoms with E-state index < -0.39 is 17.6 Å². The molecule has 6 heteroatoms. The predicted octanol–water partition coefficient (Wildman–Crippen LogP) is 2.05. The van der Waals surface area contributed by atoms with Gasteiger partial charge in [0.15, 0.2) is 23.2 Å². The molecule has 1 aromatic rings. The van der Waals surface area contributed by atoms with E-state index in [9.17, 15) is 14.9 Å². The second-order valence-corrected chi connectivity index (χ2v) is 5.44. The minimum atomic E-state index is -1.28. The van der Waals surface area contributed by atoms with Gasteiger partial charge >= 0.3 is 0 Å². The van der Waals surface area contributed by atoms with Gasteiger partial charge in [-0.25, -0.2) is 0 Å². The van der Waals surface area contributed by atoms with Gasteiger partial charge in [-0.3, -0.25) is 9.59 Å². The summed E-state index contributed by atoms with van der Waals surface area (Å²) in [4.78, 5) is 26.0. The molecule has 1 aromatic carbocycles. The zero-order chi connectivity index (χ0) is 17.5. The van der Waals surface area contributed by atoms with Crippen LogP contribution in [0, 0.1) is 17.2 Å². The maximum atomic E-state index is 12.2. The number of carbonyl (C=O) groups excluding carboxylic acids is 2. The number of rotatable bonds is 6. The van der Waals surface area contributed by atoms with Crippen LogP contribution in [-0.4, -0.2) is 43.9 Å². The first-order chi connectivity index (χ1) is 11.6. The minimum Gasteiger partial charge on any atom is -0.493 e. The van der Waals surface area contributed by atoms with Crippen molar-refractivity contribution in [1.82, 2.24) is 4.90 Å². The molecule has 24 heavy (non-hydrogen) atoms. The fraction of sp³-hybridized carbons (Fsp3) is 0.389. The van der Waals surface area contributed by atoms with Crippen LogP contribution in [0.25, 0.3) is 6.08 Å². The van der Waals surface area contributed by atoms with Gasteiger partial charge in [-0.1, -0.05) is 12.1 Å². The Labute approximate surface area is 141 Å². The van der Waals surface area contributed by atoms with Crippen molar-refractivity contribution in [3.8, 4) is 17.6 Å². The summed E-state index contributed by atoms with van der Waals surface area (Å²) in [5.41, 5.74) is 0.714. The fourth-order valence-corrected chi connectivity index (χ4v) is 2.59. The molecule has 1 atom stereocenters. The molecule has 1 amide bonds. The molecule has 0 N–H and O–H groups in total. The molecule has 0 spiro atoms. The Bertz CT molecular complexity index is 685. The number of nitriles is 1. The van der Waals surface area contributed by atoms with Gasteiger partial charge in [0, 0.05) is 13.1 Å². The lowest BCUT2D eigenvalue weighted by molar-refractivity contribution is -0.136. The van der Waals surface area contributed by atoms with Crippen LogP contribution in [0.4, 0.5) is 0 Å². The van der Waals surface area contributed by atoms with E-state index >= 15 is 0 Å². The van der Waals surface area contributed by atoms with Crippen molar-refractivity contribution in [2.24, 2.45) is 5.92 Å². The normalized spacial score (nSPS) is 15.1. The average molecular weight is 328 g/mol. The van der Waals surface area contributed by atoms with Gasteiger partial charge in [0.1, 0.15) is 0 Å². The molecule has 0 aromatic heterocycles. The van der Waals surface area contributed by atoms with Crippen molar-refractivity contribution in [3.63, 3.8) is 0 Å². The van der Waals surface area contributed by atoms with Crippen LogP contribution >= 0.6 is 0 Å². The summed E-state index contributed by atoms with van der Waals surface area (Å²) in [6.45, 7) is 1.23. The van der Waals surface area contributed by atoms with E-state index in [0.29, 0.717) is 30.2 Å². The molecule has 2 rings (SSSR count). The van der Waals surface area contributed by atoms with Gasteiger partial charge in [0.05, 0.1) is 20.3 Å². The standard InChI is InChI=1S/C18H20N2O4/c1-23-16-8-6-13(11-17(16)24-2)5-7-15(21)14(12-19)18(22)20-9-3-4-10-20/h5-8,11,14H,3-4,9-10H2,1-2H3/b7-5+/t14-/m0/s1. The van der Waals surface area contributed by atoms with Crippen LogP contribution < -0.4 is 9.47 Å². The number of likely N-dealkylation sites (tertiary alicyclic amines) is 1. The molecule has 0 unspecified atom stereocenters. The van der Waals surface area contributed by atoms with Crippen molar-refractivity contribution < 1.29 is 19.1 Å². The lowest BCUT2D eigenvalue weighted by Gasteiger charge is -2.17. The predicted molar refractivity (Wildman–Crippen MR) is 88.5 cm³/mol. The summed E-state index contributed by atoms with van der Waals surface area (Å²) in [5.74, 6) is -1.07. The molecule has 1 aliphatic heterocycles. The van der Waals surface area contributed by atoms with Gasteiger partial charge in [-0.2, -0.15) is 5.26 Å². The van der Waals surface area contributed by atoms with Crippen LogP contribution in [-0.2, 0) is 9.59 Å². The second-order valence-electron chi connectivity index (χ2n) is 5.44. The zero-order valence-electron chi connectivity index (χ0n) is 13.8. The van der Waals surface area contributed by atoms with Crippen LogP contribution in [0.2, 0.25) is 0 Å². The molecule has 1 saturated heterocycles. The summed E-state index contributed by atoms with van der Waals surface area (Å²) >= 11 is 0. The van der Waals surface area contributed by atoms with Gasteiger partial charge in [0.25, 0.3) is 0 Å². The molecule has 1 fully saturated rings. The molecule has 0 saturated carbocycles. The molecule has 0 radical (unpaired) electrons. The van der Waals surface area contributed by atoms with Gasteiger partial charge < -0.3 is 14.4 Å². The van der Waals surface area contributed by atoms with Gasteiger partial charge in [-0.15, -0.1) is 0 Å². The quantitative estimate of drug-likeness (QED) is 0.590. The first kappa shape index (κ1) is 17.5. The smallest absolute Gasteiger partial charge is 0.247 e. The maximum absolute atomic E-state index is 12.2. The Kier molecular flexibility index (Phi) is 5.96.